The van der Waals surface area contributed by atoms with Gasteiger partial charge in [0.2, 0.25) is 0 Å². The number of halogens is 3. The van der Waals surface area contributed by atoms with Crippen molar-refractivity contribution in [2.75, 3.05) is 18.0 Å². The highest BCUT2D eigenvalue weighted by Gasteiger charge is 2.33. The minimum absolute atomic E-state index is 0.0101. The van der Waals surface area contributed by atoms with Crippen molar-refractivity contribution in [3.05, 3.63) is 36.5 Å². The highest BCUT2D eigenvalue weighted by molar-refractivity contribution is 6.30. The van der Waals surface area contributed by atoms with Crippen LogP contribution in [0.2, 0.25) is 0 Å². The molecule has 0 bridgehead atoms. The number of hydrazone groups is 1. The number of anilines is 1. The molecule has 1 fully saturated rings. The minimum Gasteiger partial charge on any atom is -0.356 e. The predicted molar refractivity (Wildman–Crippen MR) is 104 cm³/mol. The van der Waals surface area contributed by atoms with Crippen LogP contribution in [0.1, 0.15) is 18.5 Å². The van der Waals surface area contributed by atoms with Crippen LogP contribution in [0, 0.1) is 11.3 Å². The van der Waals surface area contributed by atoms with Gasteiger partial charge < -0.3 is 16.2 Å². The summed E-state index contributed by atoms with van der Waals surface area (Å²) in [4.78, 5) is 18.3. The summed E-state index contributed by atoms with van der Waals surface area (Å²) in [5, 5.41) is 11.1. The van der Waals surface area contributed by atoms with E-state index in [1.807, 2.05) is 4.90 Å². The molecule has 0 saturated carbocycles. The lowest BCUT2D eigenvalue weighted by Crippen LogP contribution is -2.40. The van der Waals surface area contributed by atoms with E-state index in [0.717, 1.165) is 38.0 Å². The van der Waals surface area contributed by atoms with Gasteiger partial charge in [-0.05, 0) is 18.9 Å². The van der Waals surface area contributed by atoms with Crippen LogP contribution in [-0.2, 0) is 6.18 Å². The molecule has 9 nitrogen and oxygen atoms in total. The number of hydrogen-bond acceptors (Lipinski definition) is 8. The number of fused-ring (bicyclic) bond motifs is 1. The van der Waals surface area contributed by atoms with E-state index in [1.54, 1.807) is 12.3 Å². The molecule has 0 aromatic carbocycles. The zero-order chi connectivity index (χ0) is 21.3. The van der Waals surface area contributed by atoms with E-state index in [1.165, 1.54) is 10.6 Å². The van der Waals surface area contributed by atoms with Crippen molar-refractivity contribution < 1.29 is 13.2 Å². The normalized spacial score (nSPS) is 18.0. The molecule has 1 unspecified atom stereocenters. The molecule has 3 aromatic heterocycles. The second kappa shape index (κ2) is 7.69. The summed E-state index contributed by atoms with van der Waals surface area (Å²) < 4.78 is 40.4. The van der Waals surface area contributed by atoms with Crippen molar-refractivity contribution in [3.8, 4) is 11.5 Å². The molecule has 12 heteroatoms. The number of alkyl halides is 3. The average molecular weight is 417 g/mol. The van der Waals surface area contributed by atoms with Gasteiger partial charge in [0.25, 0.3) is 0 Å². The summed E-state index contributed by atoms with van der Waals surface area (Å²) in [7, 11) is 0. The fraction of sp³-hybridized carbons (Fsp3) is 0.333. The molecule has 156 valence electrons. The zero-order valence-electron chi connectivity index (χ0n) is 15.7. The zero-order valence-corrected chi connectivity index (χ0v) is 15.7. The summed E-state index contributed by atoms with van der Waals surface area (Å²) in [5.74, 6) is 6.27. The molecule has 4 heterocycles. The molecule has 0 amide bonds. The van der Waals surface area contributed by atoms with E-state index in [0.29, 0.717) is 23.8 Å². The number of nitrogens with one attached hydrogen (secondary N) is 1. The first-order chi connectivity index (χ1) is 14.4. The minimum atomic E-state index is -4.57. The van der Waals surface area contributed by atoms with E-state index in [-0.39, 0.29) is 17.4 Å². The molecule has 3 aromatic rings. The second-order valence-corrected chi connectivity index (χ2v) is 6.86. The first-order valence-corrected chi connectivity index (χ1v) is 9.17. The van der Waals surface area contributed by atoms with Crippen molar-refractivity contribution in [1.29, 1.82) is 5.41 Å². The van der Waals surface area contributed by atoms with Gasteiger partial charge in [-0.3, -0.25) is 4.40 Å². The molecule has 0 aliphatic carbocycles. The third kappa shape index (κ3) is 3.67. The molecular formula is C18H18F3N9. The second-order valence-electron chi connectivity index (χ2n) is 6.86. The Morgan fingerprint density at radius 1 is 1.27 bits per heavy atom. The Kier molecular flexibility index (Phi) is 5.06. The van der Waals surface area contributed by atoms with Gasteiger partial charge in [-0.2, -0.15) is 18.3 Å². The van der Waals surface area contributed by atoms with Gasteiger partial charge >= 0.3 is 6.18 Å². The Morgan fingerprint density at radius 3 is 2.83 bits per heavy atom. The number of hydrogen-bond donors (Lipinski definition) is 2. The lowest BCUT2D eigenvalue weighted by molar-refractivity contribution is -0.141. The highest BCUT2D eigenvalue weighted by atomic mass is 19.4. The van der Waals surface area contributed by atoms with E-state index >= 15 is 0 Å². The van der Waals surface area contributed by atoms with Crippen LogP contribution in [0.15, 0.2) is 36.0 Å². The van der Waals surface area contributed by atoms with Gasteiger partial charge in [-0.25, -0.2) is 19.9 Å². The highest BCUT2D eigenvalue weighted by Crippen LogP contribution is 2.29. The first-order valence-electron chi connectivity index (χ1n) is 9.17. The maximum absolute atomic E-state index is 13.1. The molecule has 0 spiro atoms. The maximum Gasteiger partial charge on any atom is 0.434 e. The van der Waals surface area contributed by atoms with Crippen molar-refractivity contribution >= 4 is 23.4 Å². The number of aromatic nitrogens is 5. The molecule has 3 N–H and O–H groups in total. The van der Waals surface area contributed by atoms with Gasteiger partial charge in [-0.15, -0.1) is 0 Å². The van der Waals surface area contributed by atoms with Gasteiger partial charge in [-0.1, -0.05) is 0 Å². The van der Waals surface area contributed by atoms with Crippen molar-refractivity contribution in [2.24, 2.45) is 16.9 Å². The summed E-state index contributed by atoms with van der Waals surface area (Å²) in [5.41, 5.74) is 0.0873. The Labute approximate surface area is 169 Å². The van der Waals surface area contributed by atoms with Crippen molar-refractivity contribution in [2.45, 2.75) is 19.0 Å². The van der Waals surface area contributed by atoms with E-state index in [2.05, 4.69) is 25.0 Å². The lowest BCUT2D eigenvalue weighted by atomic mass is 9.93. The molecule has 4 rings (SSSR count). The Morgan fingerprint density at radius 2 is 2.10 bits per heavy atom. The maximum atomic E-state index is 13.1. The van der Waals surface area contributed by atoms with Gasteiger partial charge in [0.15, 0.2) is 17.2 Å². The third-order valence-corrected chi connectivity index (χ3v) is 5.02. The van der Waals surface area contributed by atoms with E-state index < -0.39 is 11.9 Å². The fourth-order valence-corrected chi connectivity index (χ4v) is 3.54. The van der Waals surface area contributed by atoms with Gasteiger partial charge in [0.05, 0.1) is 18.1 Å². The fourth-order valence-electron chi connectivity index (χ4n) is 3.54. The molecule has 1 aliphatic rings. The van der Waals surface area contributed by atoms with Crippen LogP contribution in [0.25, 0.3) is 17.2 Å². The standard InChI is InChI=1S/C18H18F3N9/c19-18(20,21)14-10-30-13(7-26-16(30)8-25-14)17-24-4-3-15(27-17)29-5-1-2-11(9-29)12(6-22)28-23/h3-4,6-8,10-11,22H,1-2,5,9,23H2/b22-6?,28-12+. The Hall–Kier alpha value is -3.57. The van der Waals surface area contributed by atoms with Crippen LogP contribution in [0.5, 0.6) is 0 Å². The van der Waals surface area contributed by atoms with Crippen LogP contribution < -0.4 is 10.7 Å². The largest absolute Gasteiger partial charge is 0.434 e. The smallest absolute Gasteiger partial charge is 0.356 e. The van der Waals surface area contributed by atoms with Crippen LogP contribution >= 0.6 is 0 Å². The van der Waals surface area contributed by atoms with E-state index in [4.69, 9.17) is 11.3 Å². The average Bonchev–Trinajstić information content (AvgIpc) is 3.18. The number of nitrogens with zero attached hydrogens (tertiary/aromatic N) is 7. The van der Waals surface area contributed by atoms with Crippen molar-refractivity contribution in [1.82, 2.24) is 24.3 Å². The molecule has 0 radical (unpaired) electrons. The van der Waals surface area contributed by atoms with Gasteiger partial charge in [0, 0.05) is 37.6 Å². The Balaban J connectivity index is 1.68. The number of piperidine rings is 1. The first kappa shape index (κ1) is 19.7. The van der Waals surface area contributed by atoms with Gasteiger partial charge in [0.1, 0.15) is 11.5 Å². The third-order valence-electron chi connectivity index (χ3n) is 5.02. The molecular weight excluding hydrogens is 399 g/mol. The topological polar surface area (TPSA) is 121 Å². The predicted octanol–water partition coefficient (Wildman–Crippen LogP) is 2.39. The molecule has 1 saturated heterocycles. The molecule has 30 heavy (non-hydrogen) atoms. The molecule has 1 aliphatic heterocycles. The van der Waals surface area contributed by atoms with Crippen molar-refractivity contribution in [3.63, 3.8) is 0 Å². The van der Waals surface area contributed by atoms with E-state index in [9.17, 15) is 13.2 Å². The van der Waals surface area contributed by atoms with Crippen LogP contribution in [-0.4, -0.2) is 49.4 Å². The number of nitrogens with two attached hydrogens (primary N) is 1. The monoisotopic (exact) mass is 417 g/mol. The summed E-state index contributed by atoms with van der Waals surface area (Å²) >= 11 is 0. The summed E-state index contributed by atoms with van der Waals surface area (Å²) in [6.45, 7) is 1.33. The summed E-state index contributed by atoms with van der Waals surface area (Å²) in [6.07, 6.45) is 3.25. The quantitative estimate of drug-likeness (QED) is 0.382. The molecule has 1 atom stereocenters. The Bertz CT molecular complexity index is 1110. The number of imidazole rings is 1. The number of rotatable bonds is 4. The lowest BCUT2D eigenvalue weighted by Gasteiger charge is -2.33. The van der Waals surface area contributed by atoms with Crippen LogP contribution in [0.4, 0.5) is 19.0 Å². The summed E-state index contributed by atoms with van der Waals surface area (Å²) in [6, 6.07) is 1.74. The van der Waals surface area contributed by atoms with Crippen LogP contribution in [0.3, 0.4) is 0 Å². The SMILES string of the molecule is N=C/C(=N\N)C1CCCN(c2ccnc(-c3cnc4cnc(C(F)(F)F)cn34)n2)C1.